The van der Waals surface area contributed by atoms with Crippen LogP contribution in [0.4, 0.5) is 0 Å². The monoisotopic (exact) mass is 316 g/mol. The normalized spacial score (nSPS) is 16.9. The van der Waals surface area contributed by atoms with Gasteiger partial charge < -0.3 is 8.94 Å². The molecule has 1 saturated heterocycles. The Morgan fingerprint density at radius 2 is 2.22 bits per heavy atom. The van der Waals surface area contributed by atoms with E-state index in [9.17, 15) is 4.79 Å². The lowest BCUT2D eigenvalue weighted by atomic mass is 9.96. The smallest absolute Gasteiger partial charge is 0.340 e. The molecule has 0 unspecified atom stereocenters. The molecular formula is C14H16N6O3. The standard InChI is InChI=1S/C14H16N6O3/c21-14-16-12(17-18-14)9-1-4-20(5-2-9)7-11-15-13(23-19-11)10-3-6-22-8-10/h3,6,8-9H,1-2,4-5,7H2,(H2,16,17,18,21). The van der Waals surface area contributed by atoms with Crippen molar-refractivity contribution in [2.24, 2.45) is 0 Å². The third-order valence-corrected chi connectivity index (χ3v) is 4.10. The molecule has 0 amide bonds. The lowest BCUT2D eigenvalue weighted by molar-refractivity contribution is 0.195. The van der Waals surface area contributed by atoms with Gasteiger partial charge in [-0.05, 0) is 32.0 Å². The van der Waals surface area contributed by atoms with Crippen molar-refractivity contribution in [3.63, 3.8) is 0 Å². The highest BCUT2D eigenvalue weighted by Crippen LogP contribution is 2.25. The molecule has 0 atom stereocenters. The molecule has 3 aromatic rings. The maximum absolute atomic E-state index is 11.1. The van der Waals surface area contributed by atoms with E-state index in [1.54, 1.807) is 18.6 Å². The molecule has 0 radical (unpaired) electrons. The molecule has 1 aliphatic rings. The van der Waals surface area contributed by atoms with Crippen molar-refractivity contribution < 1.29 is 8.94 Å². The Labute approximate surface area is 130 Å². The zero-order chi connectivity index (χ0) is 15.6. The van der Waals surface area contributed by atoms with Crippen LogP contribution in [0.1, 0.15) is 30.4 Å². The summed E-state index contributed by atoms with van der Waals surface area (Å²) in [6.07, 6.45) is 5.03. The van der Waals surface area contributed by atoms with Gasteiger partial charge in [0.15, 0.2) is 5.82 Å². The highest BCUT2D eigenvalue weighted by atomic mass is 16.5. The summed E-state index contributed by atoms with van der Waals surface area (Å²) in [5, 5.41) is 10.5. The molecule has 0 saturated carbocycles. The molecular weight excluding hydrogens is 300 g/mol. The van der Waals surface area contributed by atoms with Gasteiger partial charge in [-0.3, -0.25) is 9.88 Å². The third-order valence-electron chi connectivity index (χ3n) is 4.10. The first-order chi connectivity index (χ1) is 11.3. The van der Waals surface area contributed by atoms with Crippen molar-refractivity contribution >= 4 is 0 Å². The van der Waals surface area contributed by atoms with Crippen LogP contribution in [0.3, 0.4) is 0 Å². The van der Waals surface area contributed by atoms with Crippen LogP contribution >= 0.6 is 0 Å². The minimum atomic E-state index is -0.249. The average molecular weight is 316 g/mol. The number of piperidine rings is 1. The molecule has 1 fully saturated rings. The van der Waals surface area contributed by atoms with Crippen LogP contribution in [0.2, 0.25) is 0 Å². The second-order valence-electron chi connectivity index (χ2n) is 5.64. The Balaban J connectivity index is 1.35. The van der Waals surface area contributed by atoms with Gasteiger partial charge in [-0.15, -0.1) is 0 Å². The summed E-state index contributed by atoms with van der Waals surface area (Å²) in [5.74, 6) is 2.17. The Morgan fingerprint density at radius 3 is 2.91 bits per heavy atom. The van der Waals surface area contributed by atoms with Crippen LogP contribution in [0.5, 0.6) is 0 Å². The number of aromatic amines is 2. The molecule has 120 valence electrons. The quantitative estimate of drug-likeness (QED) is 0.740. The van der Waals surface area contributed by atoms with Crippen molar-refractivity contribution in [1.82, 2.24) is 30.2 Å². The SMILES string of the molecule is O=c1[nH]nc(C2CCN(Cc3noc(-c4ccoc4)n3)CC2)[nH]1. The zero-order valence-corrected chi connectivity index (χ0v) is 12.4. The minimum Gasteiger partial charge on any atom is -0.472 e. The van der Waals surface area contributed by atoms with Crippen LogP contribution < -0.4 is 5.69 Å². The van der Waals surface area contributed by atoms with Gasteiger partial charge in [0.1, 0.15) is 12.1 Å². The summed E-state index contributed by atoms with van der Waals surface area (Å²) in [6, 6.07) is 1.79. The van der Waals surface area contributed by atoms with Crippen LogP contribution in [0.25, 0.3) is 11.5 Å². The number of hydrogen-bond acceptors (Lipinski definition) is 7. The molecule has 9 heteroatoms. The van der Waals surface area contributed by atoms with E-state index in [-0.39, 0.29) is 11.6 Å². The number of hydrogen-bond donors (Lipinski definition) is 2. The summed E-state index contributed by atoms with van der Waals surface area (Å²) < 4.78 is 10.3. The largest absolute Gasteiger partial charge is 0.472 e. The number of rotatable bonds is 4. The van der Waals surface area contributed by atoms with E-state index in [4.69, 9.17) is 8.94 Å². The van der Waals surface area contributed by atoms with Gasteiger partial charge in [-0.1, -0.05) is 5.16 Å². The molecule has 23 heavy (non-hydrogen) atoms. The van der Waals surface area contributed by atoms with Gasteiger partial charge >= 0.3 is 5.69 Å². The molecule has 0 aromatic carbocycles. The lowest BCUT2D eigenvalue weighted by Crippen LogP contribution is -2.33. The van der Waals surface area contributed by atoms with E-state index in [2.05, 4.69) is 30.2 Å². The van der Waals surface area contributed by atoms with E-state index < -0.39 is 0 Å². The lowest BCUT2D eigenvalue weighted by Gasteiger charge is -2.29. The van der Waals surface area contributed by atoms with Gasteiger partial charge in [-0.2, -0.15) is 10.1 Å². The third kappa shape index (κ3) is 2.95. The van der Waals surface area contributed by atoms with Crippen LogP contribution in [0, 0.1) is 0 Å². The summed E-state index contributed by atoms with van der Waals surface area (Å²) >= 11 is 0. The van der Waals surface area contributed by atoms with Crippen LogP contribution in [0.15, 0.2) is 32.3 Å². The zero-order valence-electron chi connectivity index (χ0n) is 12.4. The molecule has 4 heterocycles. The summed E-state index contributed by atoms with van der Waals surface area (Å²) in [6.45, 7) is 2.44. The fraction of sp³-hybridized carbons (Fsp3) is 0.429. The first-order valence-corrected chi connectivity index (χ1v) is 7.50. The van der Waals surface area contributed by atoms with Gasteiger partial charge in [0.2, 0.25) is 0 Å². The van der Waals surface area contributed by atoms with E-state index in [0.29, 0.717) is 18.3 Å². The second-order valence-corrected chi connectivity index (χ2v) is 5.64. The maximum atomic E-state index is 11.1. The fourth-order valence-corrected chi connectivity index (χ4v) is 2.86. The van der Waals surface area contributed by atoms with E-state index in [1.807, 2.05) is 0 Å². The molecule has 0 bridgehead atoms. The molecule has 0 aliphatic carbocycles. The summed E-state index contributed by atoms with van der Waals surface area (Å²) in [7, 11) is 0. The van der Waals surface area contributed by atoms with Crippen molar-refractivity contribution in [2.75, 3.05) is 13.1 Å². The summed E-state index contributed by atoms with van der Waals surface area (Å²) in [4.78, 5) is 20.5. The van der Waals surface area contributed by atoms with Crippen molar-refractivity contribution in [3.8, 4) is 11.5 Å². The highest BCUT2D eigenvalue weighted by Gasteiger charge is 2.24. The Bertz CT molecular complexity index is 810. The van der Waals surface area contributed by atoms with Crippen molar-refractivity contribution in [1.29, 1.82) is 0 Å². The predicted octanol–water partition coefficient (Wildman–Crippen LogP) is 1.12. The average Bonchev–Trinajstić information content (AvgIpc) is 3.28. The number of H-pyrrole nitrogens is 2. The van der Waals surface area contributed by atoms with Crippen molar-refractivity contribution in [2.45, 2.75) is 25.3 Å². The number of furan rings is 1. The molecule has 2 N–H and O–H groups in total. The van der Waals surface area contributed by atoms with Gasteiger partial charge in [0.25, 0.3) is 5.89 Å². The van der Waals surface area contributed by atoms with Gasteiger partial charge in [0.05, 0.1) is 18.4 Å². The van der Waals surface area contributed by atoms with E-state index in [0.717, 1.165) is 37.3 Å². The molecule has 4 rings (SSSR count). The predicted molar refractivity (Wildman–Crippen MR) is 78.5 cm³/mol. The number of likely N-dealkylation sites (tertiary alicyclic amines) is 1. The fourth-order valence-electron chi connectivity index (χ4n) is 2.86. The highest BCUT2D eigenvalue weighted by molar-refractivity contribution is 5.49. The Hall–Kier alpha value is -2.68. The van der Waals surface area contributed by atoms with Gasteiger partial charge in [0, 0.05) is 5.92 Å². The molecule has 3 aromatic heterocycles. The topological polar surface area (TPSA) is 117 Å². The maximum Gasteiger partial charge on any atom is 0.340 e. The van der Waals surface area contributed by atoms with E-state index in [1.165, 1.54) is 0 Å². The first-order valence-electron chi connectivity index (χ1n) is 7.50. The van der Waals surface area contributed by atoms with Gasteiger partial charge in [-0.25, -0.2) is 9.89 Å². The Morgan fingerprint density at radius 1 is 1.35 bits per heavy atom. The van der Waals surface area contributed by atoms with Crippen LogP contribution in [-0.4, -0.2) is 43.3 Å². The number of aromatic nitrogens is 5. The molecule has 0 spiro atoms. The van der Waals surface area contributed by atoms with Crippen LogP contribution in [-0.2, 0) is 6.54 Å². The second kappa shape index (κ2) is 5.84. The van der Waals surface area contributed by atoms with Crippen molar-refractivity contribution in [3.05, 3.63) is 40.7 Å². The van der Waals surface area contributed by atoms with E-state index >= 15 is 0 Å². The molecule has 9 nitrogen and oxygen atoms in total. The Kier molecular flexibility index (Phi) is 3.54. The number of nitrogens with one attached hydrogen (secondary N) is 2. The summed E-state index contributed by atoms with van der Waals surface area (Å²) in [5.41, 5.74) is 0.533. The minimum absolute atomic E-state index is 0.249. The first kappa shape index (κ1) is 13.9. The number of nitrogens with zero attached hydrogens (tertiary/aromatic N) is 4. The molecule has 1 aliphatic heterocycles.